The Labute approximate surface area is 222 Å². The van der Waals surface area contributed by atoms with E-state index in [2.05, 4.69) is 20.4 Å². The van der Waals surface area contributed by atoms with Gasteiger partial charge in [0.2, 0.25) is 0 Å². The van der Waals surface area contributed by atoms with Gasteiger partial charge in [-0.05, 0) is 76.1 Å². The number of hydrogen-bond acceptors (Lipinski definition) is 4. The van der Waals surface area contributed by atoms with E-state index in [1.807, 2.05) is 60.7 Å². The van der Waals surface area contributed by atoms with Gasteiger partial charge in [-0.15, -0.1) is 0 Å². The van der Waals surface area contributed by atoms with E-state index in [1.165, 1.54) is 0 Å². The number of nitrogens with one attached hydrogen (secondary N) is 2. The SMILES string of the molecule is FC(F)(F)CNCCCN(CCCCN(CCCNCC(F)(F)F)Cc1ccccc1)Cc1ccccc1. The molecule has 0 aliphatic carbocycles. The lowest BCUT2D eigenvalue weighted by Gasteiger charge is -2.25. The highest BCUT2D eigenvalue weighted by Gasteiger charge is 2.26. The lowest BCUT2D eigenvalue weighted by atomic mass is 10.1. The minimum atomic E-state index is -4.20. The summed E-state index contributed by atoms with van der Waals surface area (Å²) in [7, 11) is 0. The van der Waals surface area contributed by atoms with Gasteiger partial charge in [0.15, 0.2) is 0 Å². The van der Waals surface area contributed by atoms with Crippen molar-refractivity contribution in [3.8, 4) is 0 Å². The molecule has 0 bridgehead atoms. The standard InChI is InChI=1S/C28H40F6N4/c29-27(30,31)23-35-15-9-19-37(21-25-11-3-1-4-12-25)17-7-8-18-38(22-26-13-5-2-6-14-26)20-10-16-36-24-28(32,33)34/h1-6,11-14,35-36H,7-10,15-24H2. The highest BCUT2D eigenvalue weighted by Crippen LogP contribution is 2.14. The van der Waals surface area contributed by atoms with Crippen LogP contribution in [0.15, 0.2) is 60.7 Å². The molecule has 0 radical (unpaired) electrons. The Balaban J connectivity index is 1.81. The van der Waals surface area contributed by atoms with Gasteiger partial charge in [0.1, 0.15) is 0 Å². The van der Waals surface area contributed by atoms with E-state index >= 15 is 0 Å². The van der Waals surface area contributed by atoms with Gasteiger partial charge in [0, 0.05) is 13.1 Å². The Morgan fingerprint density at radius 2 is 0.842 bits per heavy atom. The molecule has 0 saturated heterocycles. The van der Waals surface area contributed by atoms with Gasteiger partial charge >= 0.3 is 12.4 Å². The van der Waals surface area contributed by atoms with Crippen molar-refractivity contribution >= 4 is 0 Å². The number of benzene rings is 2. The Hall–Kier alpha value is -2.14. The largest absolute Gasteiger partial charge is 0.401 e. The van der Waals surface area contributed by atoms with Gasteiger partial charge in [0.25, 0.3) is 0 Å². The average molecular weight is 547 g/mol. The van der Waals surface area contributed by atoms with Crippen molar-refractivity contribution in [2.24, 2.45) is 0 Å². The average Bonchev–Trinajstić information content (AvgIpc) is 2.85. The summed E-state index contributed by atoms with van der Waals surface area (Å²) < 4.78 is 74.3. The molecule has 214 valence electrons. The van der Waals surface area contributed by atoms with Gasteiger partial charge in [-0.2, -0.15) is 26.3 Å². The summed E-state index contributed by atoms with van der Waals surface area (Å²) in [5.74, 6) is 0. The van der Waals surface area contributed by atoms with Crippen LogP contribution in [0.4, 0.5) is 26.3 Å². The molecule has 0 fully saturated rings. The third-order valence-electron chi connectivity index (χ3n) is 6.00. The van der Waals surface area contributed by atoms with E-state index in [-0.39, 0.29) is 0 Å². The van der Waals surface area contributed by atoms with Crippen LogP contribution in [0.2, 0.25) is 0 Å². The highest BCUT2D eigenvalue weighted by atomic mass is 19.4. The molecule has 10 heteroatoms. The number of halogens is 6. The van der Waals surface area contributed by atoms with Crippen LogP contribution in [-0.2, 0) is 13.1 Å². The molecule has 38 heavy (non-hydrogen) atoms. The zero-order chi connectivity index (χ0) is 27.7. The molecule has 2 N–H and O–H groups in total. The fourth-order valence-corrected chi connectivity index (χ4v) is 4.21. The van der Waals surface area contributed by atoms with Crippen molar-refractivity contribution in [2.45, 2.75) is 51.1 Å². The van der Waals surface area contributed by atoms with Crippen LogP contribution < -0.4 is 10.6 Å². The minimum absolute atomic E-state index is 0.304. The van der Waals surface area contributed by atoms with Crippen LogP contribution in [0.5, 0.6) is 0 Å². The van der Waals surface area contributed by atoms with Gasteiger partial charge in [0.05, 0.1) is 13.1 Å². The number of alkyl halides is 6. The van der Waals surface area contributed by atoms with Crippen molar-refractivity contribution < 1.29 is 26.3 Å². The Bertz CT molecular complexity index is 774. The lowest BCUT2D eigenvalue weighted by molar-refractivity contribution is -0.125. The van der Waals surface area contributed by atoms with Gasteiger partial charge < -0.3 is 10.6 Å². The maximum absolute atomic E-state index is 12.4. The molecule has 0 saturated carbocycles. The monoisotopic (exact) mass is 546 g/mol. The predicted molar refractivity (Wildman–Crippen MR) is 140 cm³/mol. The molecule has 2 rings (SSSR count). The molecule has 0 aliphatic rings. The number of nitrogens with zero attached hydrogens (tertiary/aromatic N) is 2. The molecule has 2 aromatic carbocycles. The molecular weight excluding hydrogens is 506 g/mol. The third-order valence-corrected chi connectivity index (χ3v) is 6.00. The van der Waals surface area contributed by atoms with Gasteiger partial charge in [-0.25, -0.2) is 0 Å². The Morgan fingerprint density at radius 3 is 1.18 bits per heavy atom. The third kappa shape index (κ3) is 16.7. The molecule has 0 amide bonds. The summed E-state index contributed by atoms with van der Waals surface area (Å²) in [5, 5.41) is 4.92. The Kier molecular flexibility index (Phi) is 14.7. The molecule has 0 atom stereocenters. The molecule has 0 aromatic heterocycles. The minimum Gasteiger partial charge on any atom is -0.309 e. The van der Waals surface area contributed by atoms with Crippen molar-refractivity contribution in [3.05, 3.63) is 71.8 Å². The van der Waals surface area contributed by atoms with Crippen LogP contribution in [0.1, 0.15) is 36.8 Å². The molecule has 0 spiro atoms. The summed E-state index contributed by atoms with van der Waals surface area (Å²) in [5.41, 5.74) is 2.32. The molecule has 2 aromatic rings. The fraction of sp³-hybridized carbons (Fsp3) is 0.571. The van der Waals surface area contributed by atoms with Crippen LogP contribution >= 0.6 is 0 Å². The summed E-state index contributed by atoms with van der Waals surface area (Å²) in [6, 6.07) is 20.0. The quantitative estimate of drug-likeness (QED) is 0.171. The molecule has 0 aliphatic heterocycles. The predicted octanol–water partition coefficient (Wildman–Crippen LogP) is 5.86. The zero-order valence-electron chi connectivity index (χ0n) is 21.8. The number of hydrogen-bond donors (Lipinski definition) is 2. The van der Waals surface area contributed by atoms with Crippen LogP contribution in [0.25, 0.3) is 0 Å². The number of unbranched alkanes of at least 4 members (excludes halogenated alkanes) is 1. The smallest absolute Gasteiger partial charge is 0.309 e. The lowest BCUT2D eigenvalue weighted by Crippen LogP contribution is -2.33. The second-order valence-corrected chi connectivity index (χ2v) is 9.52. The Morgan fingerprint density at radius 1 is 0.500 bits per heavy atom. The molecule has 0 unspecified atom stereocenters. The van der Waals surface area contributed by atoms with Gasteiger partial charge in [-0.3, -0.25) is 9.80 Å². The first-order valence-corrected chi connectivity index (χ1v) is 13.2. The summed E-state index contributed by atoms with van der Waals surface area (Å²) >= 11 is 0. The van der Waals surface area contributed by atoms with E-state index in [9.17, 15) is 26.3 Å². The number of rotatable bonds is 19. The van der Waals surface area contributed by atoms with Crippen molar-refractivity contribution in [3.63, 3.8) is 0 Å². The normalized spacial score (nSPS) is 12.5. The first-order chi connectivity index (χ1) is 18.1. The topological polar surface area (TPSA) is 30.5 Å². The fourth-order valence-electron chi connectivity index (χ4n) is 4.21. The van der Waals surface area contributed by atoms with E-state index in [0.29, 0.717) is 39.0 Å². The second kappa shape index (κ2) is 17.4. The summed E-state index contributed by atoms with van der Waals surface area (Å²) in [6.07, 6.45) is -5.34. The van der Waals surface area contributed by atoms with Crippen molar-refractivity contribution in [2.75, 3.05) is 52.4 Å². The summed E-state index contributed by atoms with van der Waals surface area (Å²) in [4.78, 5) is 4.54. The van der Waals surface area contributed by atoms with Crippen LogP contribution in [0.3, 0.4) is 0 Å². The second-order valence-electron chi connectivity index (χ2n) is 9.52. The van der Waals surface area contributed by atoms with Crippen molar-refractivity contribution in [1.82, 2.24) is 20.4 Å². The van der Waals surface area contributed by atoms with E-state index in [4.69, 9.17) is 0 Å². The molecule has 0 heterocycles. The first kappa shape index (κ1) is 32.1. The summed E-state index contributed by atoms with van der Waals surface area (Å²) in [6.45, 7) is 3.15. The first-order valence-electron chi connectivity index (χ1n) is 13.2. The van der Waals surface area contributed by atoms with Crippen LogP contribution in [-0.4, -0.2) is 74.5 Å². The van der Waals surface area contributed by atoms with Gasteiger partial charge in [-0.1, -0.05) is 60.7 Å². The van der Waals surface area contributed by atoms with Crippen molar-refractivity contribution in [1.29, 1.82) is 0 Å². The van der Waals surface area contributed by atoms with E-state index in [0.717, 1.165) is 50.1 Å². The maximum atomic E-state index is 12.4. The molecule has 4 nitrogen and oxygen atoms in total. The van der Waals surface area contributed by atoms with Crippen LogP contribution in [0, 0.1) is 0 Å². The molecular formula is C28H40F6N4. The van der Waals surface area contributed by atoms with E-state index < -0.39 is 25.4 Å². The van der Waals surface area contributed by atoms with E-state index in [1.54, 1.807) is 0 Å². The maximum Gasteiger partial charge on any atom is 0.401 e. The highest BCUT2D eigenvalue weighted by molar-refractivity contribution is 5.15. The zero-order valence-corrected chi connectivity index (χ0v) is 21.8.